The number of anilines is 2. The van der Waals surface area contributed by atoms with Gasteiger partial charge in [-0.25, -0.2) is 4.39 Å². The highest BCUT2D eigenvalue weighted by Crippen LogP contribution is 2.28. The molecular weight excluding hydrogens is 433 g/mol. The van der Waals surface area contributed by atoms with Gasteiger partial charge in [-0.1, -0.05) is 11.6 Å². The standard InChI is InChI=1S/C20H21ClFN3O4S/c1-11-8-13(12(22)9-14(11)25-6-7-29-10-17(25)26)23-19(28)20(2,3)24-18(27)15-4-5-16(21)30-15/h4-5,8-9H,6-7,10H2,1-3H3,(H,23,28)(H,24,27). The van der Waals surface area contributed by atoms with Gasteiger partial charge in [0.1, 0.15) is 18.0 Å². The molecule has 1 saturated heterocycles. The predicted molar refractivity (Wildman–Crippen MR) is 114 cm³/mol. The van der Waals surface area contributed by atoms with Crippen molar-refractivity contribution in [1.29, 1.82) is 0 Å². The first-order chi connectivity index (χ1) is 14.1. The number of rotatable bonds is 5. The Bertz CT molecular complexity index is 1010. The molecule has 30 heavy (non-hydrogen) atoms. The van der Waals surface area contributed by atoms with E-state index in [1.807, 2.05) is 0 Å². The summed E-state index contributed by atoms with van der Waals surface area (Å²) in [5.74, 6) is -1.98. The number of hydrogen-bond donors (Lipinski definition) is 2. The average Bonchev–Trinajstić information content (AvgIpc) is 3.11. The SMILES string of the molecule is Cc1cc(NC(=O)C(C)(C)NC(=O)c2ccc(Cl)s2)c(F)cc1N1CCOCC1=O. The van der Waals surface area contributed by atoms with Crippen LogP contribution in [-0.2, 0) is 14.3 Å². The Morgan fingerprint density at radius 2 is 2.03 bits per heavy atom. The molecule has 160 valence electrons. The zero-order valence-electron chi connectivity index (χ0n) is 16.7. The van der Waals surface area contributed by atoms with E-state index in [1.54, 1.807) is 19.1 Å². The average molecular weight is 454 g/mol. The Morgan fingerprint density at radius 1 is 1.30 bits per heavy atom. The van der Waals surface area contributed by atoms with E-state index in [0.29, 0.717) is 33.6 Å². The Kier molecular flexibility index (Phi) is 6.44. The lowest BCUT2D eigenvalue weighted by atomic mass is 10.0. The zero-order valence-corrected chi connectivity index (χ0v) is 18.2. The minimum absolute atomic E-state index is 0.0385. The Morgan fingerprint density at radius 3 is 2.67 bits per heavy atom. The van der Waals surface area contributed by atoms with Gasteiger partial charge in [-0.3, -0.25) is 14.4 Å². The van der Waals surface area contributed by atoms with Gasteiger partial charge in [0, 0.05) is 18.3 Å². The van der Waals surface area contributed by atoms with Crippen LogP contribution >= 0.6 is 22.9 Å². The lowest BCUT2D eigenvalue weighted by Gasteiger charge is -2.29. The molecule has 2 aromatic rings. The molecule has 0 bridgehead atoms. The number of ether oxygens (including phenoxy) is 1. The number of carbonyl (C=O) groups is 3. The number of nitrogens with one attached hydrogen (secondary N) is 2. The molecule has 3 rings (SSSR count). The molecule has 7 nitrogen and oxygen atoms in total. The first kappa shape index (κ1) is 22.2. The van der Waals surface area contributed by atoms with Crippen LogP contribution in [0.15, 0.2) is 24.3 Å². The van der Waals surface area contributed by atoms with Crippen LogP contribution < -0.4 is 15.5 Å². The third-order valence-electron chi connectivity index (χ3n) is 4.60. The lowest BCUT2D eigenvalue weighted by Crippen LogP contribution is -2.52. The van der Waals surface area contributed by atoms with Crippen molar-refractivity contribution < 1.29 is 23.5 Å². The molecule has 10 heteroatoms. The van der Waals surface area contributed by atoms with Gasteiger partial charge < -0.3 is 20.3 Å². The highest BCUT2D eigenvalue weighted by Gasteiger charge is 2.31. The summed E-state index contributed by atoms with van der Waals surface area (Å²) in [7, 11) is 0. The van der Waals surface area contributed by atoms with Gasteiger partial charge in [0.15, 0.2) is 0 Å². The van der Waals surface area contributed by atoms with E-state index >= 15 is 0 Å². The van der Waals surface area contributed by atoms with Crippen molar-refractivity contribution in [3.8, 4) is 0 Å². The summed E-state index contributed by atoms with van der Waals surface area (Å²) in [6.07, 6.45) is 0. The van der Waals surface area contributed by atoms with Crippen molar-refractivity contribution in [3.63, 3.8) is 0 Å². The quantitative estimate of drug-likeness (QED) is 0.726. The molecular formula is C20H21ClFN3O4S. The second kappa shape index (κ2) is 8.71. The van der Waals surface area contributed by atoms with E-state index in [2.05, 4.69) is 10.6 Å². The number of benzene rings is 1. The molecule has 0 aliphatic carbocycles. The van der Waals surface area contributed by atoms with E-state index in [0.717, 1.165) is 11.3 Å². The van der Waals surface area contributed by atoms with Gasteiger partial charge in [0.05, 0.1) is 21.5 Å². The van der Waals surface area contributed by atoms with E-state index in [4.69, 9.17) is 16.3 Å². The van der Waals surface area contributed by atoms with E-state index in [-0.39, 0.29) is 18.2 Å². The first-order valence-electron chi connectivity index (χ1n) is 9.16. The second-order valence-electron chi connectivity index (χ2n) is 7.35. The van der Waals surface area contributed by atoms with Gasteiger partial charge in [-0.2, -0.15) is 0 Å². The van der Waals surface area contributed by atoms with Crippen LogP contribution in [0.1, 0.15) is 29.1 Å². The smallest absolute Gasteiger partial charge is 0.262 e. The maximum absolute atomic E-state index is 14.7. The number of halogens is 2. The molecule has 1 aromatic heterocycles. The topological polar surface area (TPSA) is 87.7 Å². The van der Waals surface area contributed by atoms with E-state index < -0.39 is 23.2 Å². The highest BCUT2D eigenvalue weighted by atomic mass is 35.5. The fraction of sp³-hybridized carbons (Fsp3) is 0.350. The fourth-order valence-corrected chi connectivity index (χ4v) is 3.89. The first-order valence-corrected chi connectivity index (χ1v) is 10.4. The molecule has 1 fully saturated rings. The Labute approximate surface area is 182 Å². The monoisotopic (exact) mass is 453 g/mol. The summed E-state index contributed by atoms with van der Waals surface area (Å²) in [4.78, 5) is 38.9. The molecule has 2 heterocycles. The highest BCUT2D eigenvalue weighted by molar-refractivity contribution is 7.18. The normalized spacial score (nSPS) is 14.6. The molecule has 0 radical (unpaired) electrons. The van der Waals surface area contributed by atoms with Crippen LogP contribution in [-0.4, -0.2) is 43.0 Å². The molecule has 1 aliphatic rings. The van der Waals surface area contributed by atoms with Crippen LogP contribution in [0.25, 0.3) is 0 Å². The van der Waals surface area contributed by atoms with Crippen molar-refractivity contribution >= 4 is 52.0 Å². The van der Waals surface area contributed by atoms with Gasteiger partial charge >= 0.3 is 0 Å². The number of nitrogens with zero attached hydrogens (tertiary/aromatic N) is 1. The molecule has 1 aliphatic heterocycles. The van der Waals surface area contributed by atoms with Crippen molar-refractivity contribution in [1.82, 2.24) is 5.32 Å². The number of hydrogen-bond acceptors (Lipinski definition) is 5. The second-order valence-corrected chi connectivity index (χ2v) is 9.07. The molecule has 0 spiro atoms. The molecule has 0 unspecified atom stereocenters. The number of morpholine rings is 1. The summed E-state index contributed by atoms with van der Waals surface area (Å²) >= 11 is 6.93. The van der Waals surface area contributed by atoms with Crippen LogP contribution in [0.2, 0.25) is 4.34 Å². The molecule has 1 aromatic carbocycles. The van der Waals surface area contributed by atoms with Crippen molar-refractivity contribution in [2.24, 2.45) is 0 Å². The molecule has 0 atom stereocenters. The zero-order chi connectivity index (χ0) is 22.1. The third-order valence-corrected chi connectivity index (χ3v) is 5.83. The molecule has 2 N–H and O–H groups in total. The summed E-state index contributed by atoms with van der Waals surface area (Å²) < 4.78 is 20.3. The summed E-state index contributed by atoms with van der Waals surface area (Å²) in [5, 5.41) is 5.14. The number of thiophene rings is 1. The van der Waals surface area contributed by atoms with Gasteiger partial charge in [0.25, 0.3) is 11.8 Å². The molecule has 3 amide bonds. The molecule has 0 saturated carbocycles. The Balaban J connectivity index is 1.74. The maximum Gasteiger partial charge on any atom is 0.262 e. The maximum atomic E-state index is 14.7. The van der Waals surface area contributed by atoms with E-state index in [1.165, 1.54) is 30.9 Å². The Hall–Kier alpha value is -2.49. The van der Waals surface area contributed by atoms with Crippen molar-refractivity contribution in [2.75, 3.05) is 30.0 Å². The third kappa shape index (κ3) is 4.80. The van der Waals surface area contributed by atoms with Crippen LogP contribution in [0.4, 0.5) is 15.8 Å². The number of amides is 3. The van der Waals surface area contributed by atoms with Crippen LogP contribution in [0.5, 0.6) is 0 Å². The number of aryl methyl sites for hydroxylation is 1. The van der Waals surface area contributed by atoms with Gasteiger partial charge in [-0.15, -0.1) is 11.3 Å². The largest absolute Gasteiger partial charge is 0.370 e. The van der Waals surface area contributed by atoms with Gasteiger partial charge in [-0.05, 0) is 44.5 Å². The fourth-order valence-electron chi connectivity index (χ4n) is 2.95. The summed E-state index contributed by atoms with van der Waals surface area (Å²) in [6.45, 7) is 5.40. The minimum atomic E-state index is -1.31. The minimum Gasteiger partial charge on any atom is -0.370 e. The predicted octanol–water partition coefficient (Wildman–Crippen LogP) is 3.36. The number of carbonyl (C=O) groups excluding carboxylic acids is 3. The lowest BCUT2D eigenvalue weighted by molar-refractivity contribution is -0.125. The van der Waals surface area contributed by atoms with Crippen molar-refractivity contribution in [3.05, 3.63) is 44.9 Å². The summed E-state index contributed by atoms with van der Waals surface area (Å²) in [6, 6.07) is 5.83. The van der Waals surface area contributed by atoms with Gasteiger partial charge in [0.2, 0.25) is 5.91 Å². The van der Waals surface area contributed by atoms with E-state index in [9.17, 15) is 18.8 Å². The van der Waals surface area contributed by atoms with Crippen LogP contribution in [0.3, 0.4) is 0 Å². The van der Waals surface area contributed by atoms with Crippen molar-refractivity contribution in [2.45, 2.75) is 26.3 Å². The summed E-state index contributed by atoms with van der Waals surface area (Å²) in [5.41, 5.74) is -0.298. The van der Waals surface area contributed by atoms with Crippen LogP contribution in [0, 0.1) is 12.7 Å².